The average molecular weight is 645 g/mol. The maximum atomic E-state index is 14.5. The Morgan fingerprint density at radius 2 is 1.81 bits per heavy atom. The van der Waals surface area contributed by atoms with Crippen molar-refractivity contribution in [1.29, 1.82) is 0 Å². The molecule has 0 unspecified atom stereocenters. The Balaban J connectivity index is 1.61. The molecular weight excluding hydrogens is 616 g/mol. The predicted octanol–water partition coefficient (Wildman–Crippen LogP) is 4.34. The summed E-state index contributed by atoms with van der Waals surface area (Å²) in [4.78, 5) is 30.2. The lowest BCUT2D eigenvalue weighted by molar-refractivity contribution is -0.275. The van der Waals surface area contributed by atoms with E-state index in [0.717, 1.165) is 45.7 Å². The minimum atomic E-state index is -5.19. The molecule has 1 amide bonds. The predicted molar refractivity (Wildman–Crippen MR) is 149 cm³/mol. The van der Waals surface area contributed by atoms with Crippen LogP contribution in [0.1, 0.15) is 39.8 Å². The second-order valence-corrected chi connectivity index (χ2v) is 12.6. The van der Waals surface area contributed by atoms with E-state index in [4.69, 9.17) is 0 Å². The van der Waals surface area contributed by atoms with Crippen molar-refractivity contribution in [2.75, 3.05) is 24.5 Å². The number of nitrogens with one attached hydrogen (secondary N) is 1. The summed E-state index contributed by atoms with van der Waals surface area (Å²) in [5.41, 5.74) is 2.14. The third kappa shape index (κ3) is 7.61. The van der Waals surface area contributed by atoms with Crippen molar-refractivity contribution in [3.8, 4) is 5.75 Å². The summed E-state index contributed by atoms with van der Waals surface area (Å²) in [6.45, 7) is 3.15. The van der Waals surface area contributed by atoms with Gasteiger partial charge in [-0.3, -0.25) is 4.79 Å². The molecule has 4 rings (SSSR count). The number of alkyl halides is 3. The van der Waals surface area contributed by atoms with Gasteiger partial charge in [0.15, 0.2) is 16.7 Å². The number of benzene rings is 2. The summed E-state index contributed by atoms with van der Waals surface area (Å²) in [5.74, 6) is -4.62. The molecule has 1 aromatic heterocycles. The molecule has 0 radical (unpaired) electrons. The molecule has 16 heteroatoms. The van der Waals surface area contributed by atoms with Crippen molar-refractivity contribution >= 4 is 38.4 Å². The quantitative estimate of drug-likeness (QED) is 0.312. The van der Waals surface area contributed by atoms with Crippen molar-refractivity contribution in [2.45, 2.75) is 50.5 Å². The minimum absolute atomic E-state index is 0.00536. The summed E-state index contributed by atoms with van der Waals surface area (Å²) in [7, 11) is -4.60. The number of sulfonamides is 1. The summed E-state index contributed by atoms with van der Waals surface area (Å²) >= 11 is 0.877. The number of nitrogens with zero attached hydrogens (tertiary/aromatic N) is 3. The number of carboxylic acid groups (broad SMARTS) is 1. The molecule has 0 saturated carbocycles. The van der Waals surface area contributed by atoms with E-state index in [0.29, 0.717) is 12.1 Å². The Morgan fingerprint density at radius 1 is 1.14 bits per heavy atom. The normalized spacial score (nSPS) is 16.2. The molecule has 2 heterocycles. The fourth-order valence-electron chi connectivity index (χ4n) is 4.56. The molecule has 10 nitrogen and oxygen atoms in total. The Labute approximate surface area is 249 Å². The van der Waals surface area contributed by atoms with Crippen molar-refractivity contribution in [2.24, 2.45) is 0 Å². The van der Waals surface area contributed by atoms with Gasteiger partial charge in [0.25, 0.3) is 0 Å². The Hall–Kier alpha value is -3.76. The lowest BCUT2D eigenvalue weighted by Crippen LogP contribution is -2.60. The van der Waals surface area contributed by atoms with Crippen LogP contribution in [0.2, 0.25) is 0 Å². The average Bonchev–Trinajstić information content (AvgIpc) is 3.34. The number of aromatic carboxylic acids is 1. The van der Waals surface area contributed by atoms with Crippen LogP contribution in [0.15, 0.2) is 47.4 Å². The van der Waals surface area contributed by atoms with Crippen molar-refractivity contribution in [3.63, 3.8) is 0 Å². The molecule has 1 atom stereocenters. The number of carbonyl (C=O) groups excluding carboxylic acids is 1. The number of rotatable bonds is 10. The number of carboxylic acids is 1. The van der Waals surface area contributed by atoms with Gasteiger partial charge in [-0.05, 0) is 42.7 Å². The van der Waals surface area contributed by atoms with Gasteiger partial charge < -0.3 is 20.1 Å². The second-order valence-electron chi connectivity index (χ2n) is 9.72. The number of halogens is 4. The molecule has 232 valence electrons. The van der Waals surface area contributed by atoms with Crippen LogP contribution in [0.3, 0.4) is 0 Å². The van der Waals surface area contributed by atoms with Crippen LogP contribution in [0, 0.1) is 12.7 Å². The lowest BCUT2D eigenvalue weighted by atomic mass is 10.1. The van der Waals surface area contributed by atoms with Crippen LogP contribution in [0.5, 0.6) is 5.75 Å². The SMILES string of the molecule is CCCc1ccc(CNC(=O)[C@H]2CN(c3nc(C)c(C(=O)O)s3)CCN2S(=O)(=O)c2ccc(OC(F)(F)F)c(F)c2)cc1. The maximum Gasteiger partial charge on any atom is 0.573 e. The number of carbonyl (C=O) groups is 2. The molecule has 1 aliphatic rings. The maximum absolute atomic E-state index is 14.5. The Morgan fingerprint density at radius 3 is 2.40 bits per heavy atom. The molecular formula is C27H28F4N4O6S2. The number of anilines is 1. The van der Waals surface area contributed by atoms with E-state index in [9.17, 15) is 40.7 Å². The first-order valence-electron chi connectivity index (χ1n) is 13.1. The molecule has 2 N–H and O–H groups in total. The second kappa shape index (κ2) is 12.9. The molecule has 43 heavy (non-hydrogen) atoms. The monoisotopic (exact) mass is 644 g/mol. The van der Waals surface area contributed by atoms with Crippen LogP contribution in [0.4, 0.5) is 22.7 Å². The number of aryl methyl sites for hydroxylation is 2. The third-order valence-electron chi connectivity index (χ3n) is 6.65. The molecule has 1 fully saturated rings. The van der Waals surface area contributed by atoms with E-state index in [2.05, 4.69) is 22.0 Å². The highest BCUT2D eigenvalue weighted by Crippen LogP contribution is 2.32. The van der Waals surface area contributed by atoms with Gasteiger partial charge in [-0.1, -0.05) is 48.9 Å². The molecule has 1 saturated heterocycles. The molecule has 0 aliphatic carbocycles. The fourth-order valence-corrected chi connectivity index (χ4v) is 7.08. The summed E-state index contributed by atoms with van der Waals surface area (Å²) < 4.78 is 83.9. The lowest BCUT2D eigenvalue weighted by Gasteiger charge is -2.39. The van der Waals surface area contributed by atoms with E-state index < -0.39 is 50.8 Å². The Bertz CT molecular complexity index is 1600. The van der Waals surface area contributed by atoms with Crippen LogP contribution < -0.4 is 15.0 Å². The van der Waals surface area contributed by atoms with Crippen molar-refractivity contribution in [1.82, 2.24) is 14.6 Å². The fraction of sp³-hybridized carbons (Fsp3) is 0.370. The smallest absolute Gasteiger partial charge is 0.477 e. The van der Waals surface area contributed by atoms with E-state index in [-0.39, 0.29) is 41.9 Å². The summed E-state index contributed by atoms with van der Waals surface area (Å²) in [6.07, 6.45) is -3.33. The van der Waals surface area contributed by atoms with Gasteiger partial charge in [0, 0.05) is 26.2 Å². The molecule has 0 spiro atoms. The zero-order valence-electron chi connectivity index (χ0n) is 23.0. The van der Waals surface area contributed by atoms with Gasteiger partial charge in [0.05, 0.1) is 10.6 Å². The third-order valence-corrected chi connectivity index (χ3v) is 9.76. The van der Waals surface area contributed by atoms with Gasteiger partial charge in [-0.15, -0.1) is 13.2 Å². The van der Waals surface area contributed by atoms with E-state index >= 15 is 0 Å². The van der Waals surface area contributed by atoms with Crippen LogP contribution in [-0.4, -0.2) is 66.7 Å². The standard InChI is InChI=1S/C27H28F4N4O6S2/c1-3-4-17-5-7-18(8-6-17)14-32-24(36)21-15-34(26-33-16(2)23(42-26)25(37)38)11-12-35(21)43(39,40)19-9-10-22(20(28)13-19)41-27(29,30)31/h5-10,13,21H,3-4,11-12,14-15H2,1-2H3,(H,32,36)(H,37,38)/t21-/m1/s1. The first kappa shape index (κ1) is 32.2. The number of hydrogen-bond donors (Lipinski definition) is 2. The number of piperazine rings is 1. The topological polar surface area (TPSA) is 129 Å². The van der Waals surface area contributed by atoms with Gasteiger partial charge in [-0.25, -0.2) is 22.6 Å². The zero-order chi connectivity index (χ0) is 31.5. The molecule has 0 bridgehead atoms. The van der Waals surface area contributed by atoms with Crippen LogP contribution >= 0.6 is 11.3 Å². The van der Waals surface area contributed by atoms with Gasteiger partial charge in [0.2, 0.25) is 15.9 Å². The summed E-state index contributed by atoms with van der Waals surface area (Å²) in [5, 5.41) is 12.4. The van der Waals surface area contributed by atoms with Crippen molar-refractivity contribution in [3.05, 3.63) is 70.0 Å². The highest BCUT2D eigenvalue weighted by atomic mass is 32.2. The first-order chi connectivity index (χ1) is 20.2. The zero-order valence-corrected chi connectivity index (χ0v) is 24.7. The van der Waals surface area contributed by atoms with Gasteiger partial charge >= 0.3 is 12.3 Å². The highest BCUT2D eigenvalue weighted by molar-refractivity contribution is 7.89. The largest absolute Gasteiger partial charge is 0.573 e. The number of thiazole rings is 1. The Kier molecular flexibility index (Phi) is 9.61. The number of ether oxygens (including phenoxy) is 1. The molecule has 3 aromatic rings. The van der Waals surface area contributed by atoms with Crippen LogP contribution in [-0.2, 0) is 27.8 Å². The van der Waals surface area contributed by atoms with E-state index in [1.165, 1.54) is 6.92 Å². The number of hydrogen-bond acceptors (Lipinski definition) is 8. The number of aromatic nitrogens is 1. The van der Waals surface area contributed by atoms with Gasteiger partial charge in [-0.2, -0.15) is 4.31 Å². The first-order valence-corrected chi connectivity index (χ1v) is 15.3. The van der Waals surface area contributed by atoms with Gasteiger partial charge in [0.1, 0.15) is 10.9 Å². The van der Waals surface area contributed by atoms with Crippen LogP contribution in [0.25, 0.3) is 0 Å². The number of amides is 1. The van der Waals surface area contributed by atoms with E-state index in [1.807, 2.05) is 24.3 Å². The van der Waals surface area contributed by atoms with Crippen molar-refractivity contribution < 1.29 is 45.4 Å². The molecule has 1 aliphatic heterocycles. The highest BCUT2D eigenvalue weighted by Gasteiger charge is 2.41. The van der Waals surface area contributed by atoms with E-state index in [1.54, 1.807) is 4.90 Å². The molecule has 2 aromatic carbocycles. The minimum Gasteiger partial charge on any atom is -0.477 e. The summed E-state index contributed by atoms with van der Waals surface area (Å²) in [6, 6.07) is 7.88.